The van der Waals surface area contributed by atoms with Gasteiger partial charge in [0.05, 0.1) is 0 Å². The Morgan fingerprint density at radius 3 is 1.51 bits per heavy atom. The smallest absolute Gasteiger partial charge is 0.164 e. The first kappa shape index (κ1) is 23.8. The Balaban J connectivity index is 1.36. The average molecular weight is 550 g/mol. The normalized spacial score (nSPS) is 11.7. The molecule has 9 rings (SSSR count). The number of hydrogen-bond acceptors (Lipinski definition) is 4. The molecule has 0 bridgehead atoms. The van der Waals surface area contributed by atoms with E-state index in [2.05, 4.69) is 66.7 Å². The molecule has 0 saturated heterocycles. The molecule has 7 aromatic carbocycles. The van der Waals surface area contributed by atoms with Crippen LogP contribution in [0.1, 0.15) is 0 Å². The number of hydrogen-bond donors (Lipinski definition) is 0. The van der Waals surface area contributed by atoms with Crippen LogP contribution in [0, 0.1) is 0 Å². The van der Waals surface area contributed by atoms with Crippen molar-refractivity contribution in [3.63, 3.8) is 0 Å². The SMILES string of the molecule is c1ccc(-c2nc(-c3ccccc3)nc(-c3ccc4c(c3)c3ccccc3c3ccc5oc6ccccc6c5c34)n2)cc1. The van der Waals surface area contributed by atoms with Crippen LogP contribution < -0.4 is 0 Å². The van der Waals surface area contributed by atoms with Crippen LogP contribution in [-0.4, -0.2) is 15.0 Å². The third-order valence-electron chi connectivity index (χ3n) is 8.30. The molecule has 9 aromatic rings. The van der Waals surface area contributed by atoms with E-state index in [-0.39, 0.29) is 0 Å². The molecule has 4 heteroatoms. The van der Waals surface area contributed by atoms with E-state index >= 15 is 0 Å². The van der Waals surface area contributed by atoms with E-state index in [1.165, 1.54) is 26.9 Å². The number of para-hydroxylation sites is 1. The maximum Gasteiger partial charge on any atom is 0.164 e. The van der Waals surface area contributed by atoms with Crippen LogP contribution in [0.4, 0.5) is 0 Å². The molecule has 2 aromatic heterocycles. The van der Waals surface area contributed by atoms with E-state index in [9.17, 15) is 0 Å². The molecule has 0 N–H and O–H groups in total. The van der Waals surface area contributed by atoms with Crippen molar-refractivity contribution < 1.29 is 4.42 Å². The number of benzene rings is 7. The third kappa shape index (κ3) is 3.74. The monoisotopic (exact) mass is 549 g/mol. The predicted octanol–water partition coefficient (Wildman–Crippen LogP) is 10.2. The lowest BCUT2D eigenvalue weighted by molar-refractivity contribution is 0.669. The summed E-state index contributed by atoms with van der Waals surface area (Å²) in [6.07, 6.45) is 0. The molecule has 0 aliphatic heterocycles. The first-order valence-electron chi connectivity index (χ1n) is 14.4. The van der Waals surface area contributed by atoms with Gasteiger partial charge >= 0.3 is 0 Å². The molecule has 200 valence electrons. The fourth-order valence-electron chi connectivity index (χ4n) is 6.34. The van der Waals surface area contributed by atoms with Gasteiger partial charge in [0.2, 0.25) is 0 Å². The Hall–Kier alpha value is -5.87. The van der Waals surface area contributed by atoms with Gasteiger partial charge in [-0.15, -0.1) is 0 Å². The van der Waals surface area contributed by atoms with Gasteiger partial charge in [-0.05, 0) is 51.2 Å². The summed E-state index contributed by atoms with van der Waals surface area (Å²) < 4.78 is 6.30. The van der Waals surface area contributed by atoms with E-state index in [0.29, 0.717) is 17.5 Å². The lowest BCUT2D eigenvalue weighted by Crippen LogP contribution is -2.00. The fraction of sp³-hybridized carbons (Fsp3) is 0. The number of aromatic nitrogens is 3. The topological polar surface area (TPSA) is 51.8 Å². The number of furan rings is 1. The largest absolute Gasteiger partial charge is 0.456 e. The second-order valence-electron chi connectivity index (χ2n) is 10.8. The Kier molecular flexibility index (Phi) is 5.16. The van der Waals surface area contributed by atoms with Crippen molar-refractivity contribution in [2.75, 3.05) is 0 Å². The van der Waals surface area contributed by atoms with Gasteiger partial charge in [0.15, 0.2) is 17.5 Å². The van der Waals surface area contributed by atoms with E-state index in [1.807, 2.05) is 72.8 Å². The van der Waals surface area contributed by atoms with Crippen LogP contribution in [0.25, 0.3) is 88.4 Å². The highest BCUT2D eigenvalue weighted by molar-refractivity contribution is 6.34. The van der Waals surface area contributed by atoms with Gasteiger partial charge < -0.3 is 4.42 Å². The predicted molar refractivity (Wildman–Crippen MR) is 176 cm³/mol. The Bertz CT molecular complexity index is 2440. The van der Waals surface area contributed by atoms with Crippen LogP contribution in [0.3, 0.4) is 0 Å². The quantitative estimate of drug-likeness (QED) is 0.206. The molecule has 0 unspecified atom stereocenters. The van der Waals surface area contributed by atoms with Gasteiger partial charge in [-0.3, -0.25) is 0 Å². The first-order chi connectivity index (χ1) is 21.3. The second-order valence-corrected chi connectivity index (χ2v) is 10.8. The molecule has 4 nitrogen and oxygen atoms in total. The fourth-order valence-corrected chi connectivity index (χ4v) is 6.34. The molecule has 0 fully saturated rings. The molecular formula is C39H23N3O. The zero-order valence-corrected chi connectivity index (χ0v) is 23.0. The minimum atomic E-state index is 0.644. The minimum absolute atomic E-state index is 0.644. The van der Waals surface area contributed by atoms with Gasteiger partial charge in [0.25, 0.3) is 0 Å². The van der Waals surface area contributed by atoms with E-state index in [1.54, 1.807) is 0 Å². The number of fused-ring (bicyclic) bond motifs is 10. The Labute approximate surface area is 246 Å². The molecule has 43 heavy (non-hydrogen) atoms. The first-order valence-corrected chi connectivity index (χ1v) is 14.4. The summed E-state index contributed by atoms with van der Waals surface area (Å²) in [5.74, 6) is 1.95. The van der Waals surface area contributed by atoms with Crippen LogP contribution in [-0.2, 0) is 0 Å². The number of nitrogens with zero attached hydrogens (tertiary/aromatic N) is 3. The molecule has 0 radical (unpaired) electrons. The summed E-state index contributed by atoms with van der Waals surface area (Å²) in [7, 11) is 0. The lowest BCUT2D eigenvalue weighted by atomic mass is 9.91. The molecule has 0 saturated carbocycles. The maximum atomic E-state index is 6.30. The van der Waals surface area contributed by atoms with Gasteiger partial charge in [-0.25, -0.2) is 15.0 Å². The maximum absolute atomic E-state index is 6.30. The second kappa shape index (κ2) is 9.33. The minimum Gasteiger partial charge on any atom is -0.456 e. The van der Waals surface area contributed by atoms with Crippen molar-refractivity contribution in [1.29, 1.82) is 0 Å². The van der Waals surface area contributed by atoms with Gasteiger partial charge in [-0.2, -0.15) is 0 Å². The van der Waals surface area contributed by atoms with Crippen molar-refractivity contribution in [1.82, 2.24) is 15.0 Å². The van der Waals surface area contributed by atoms with Crippen molar-refractivity contribution in [2.45, 2.75) is 0 Å². The highest BCUT2D eigenvalue weighted by atomic mass is 16.3. The zero-order chi connectivity index (χ0) is 28.3. The van der Waals surface area contributed by atoms with Crippen molar-refractivity contribution >= 4 is 54.3 Å². The molecule has 0 atom stereocenters. The molecule has 0 aliphatic rings. The highest BCUT2D eigenvalue weighted by Gasteiger charge is 2.18. The van der Waals surface area contributed by atoms with Crippen LogP contribution >= 0.6 is 0 Å². The van der Waals surface area contributed by atoms with Crippen LogP contribution in [0.2, 0.25) is 0 Å². The summed E-state index contributed by atoms with van der Waals surface area (Å²) in [6.45, 7) is 0. The molecule has 0 amide bonds. The van der Waals surface area contributed by atoms with Crippen molar-refractivity contribution in [3.05, 3.63) is 140 Å². The highest BCUT2D eigenvalue weighted by Crippen LogP contribution is 2.43. The van der Waals surface area contributed by atoms with Gasteiger partial charge in [0, 0.05) is 32.8 Å². The summed E-state index contributed by atoms with van der Waals surface area (Å²) in [5.41, 5.74) is 4.64. The number of rotatable bonds is 3. The Morgan fingerprint density at radius 2 is 0.837 bits per heavy atom. The van der Waals surface area contributed by atoms with E-state index < -0.39 is 0 Å². The Morgan fingerprint density at radius 1 is 0.326 bits per heavy atom. The van der Waals surface area contributed by atoms with E-state index in [0.717, 1.165) is 44.0 Å². The molecular weight excluding hydrogens is 526 g/mol. The average Bonchev–Trinajstić information content (AvgIpc) is 3.47. The lowest BCUT2D eigenvalue weighted by Gasteiger charge is -2.13. The molecule has 2 heterocycles. The summed E-state index contributed by atoms with van der Waals surface area (Å²) in [4.78, 5) is 14.9. The summed E-state index contributed by atoms with van der Waals surface area (Å²) in [6, 6.07) is 48.0. The van der Waals surface area contributed by atoms with Crippen LogP contribution in [0.5, 0.6) is 0 Å². The third-order valence-corrected chi connectivity index (χ3v) is 8.30. The zero-order valence-electron chi connectivity index (χ0n) is 23.0. The van der Waals surface area contributed by atoms with E-state index in [4.69, 9.17) is 19.4 Å². The summed E-state index contributed by atoms with van der Waals surface area (Å²) in [5, 5.41) is 9.42. The standard InChI is InChI=1S/C39H23N3O/c1-3-11-24(12-4-1)37-40-38(25-13-5-2-6-14-25)42-39(41-37)26-19-20-30-32(23-26)28-16-8-7-15-27(28)29-21-22-34-36(35(29)30)31-17-9-10-18-33(31)43-34/h1-23H. The summed E-state index contributed by atoms with van der Waals surface area (Å²) >= 11 is 0. The van der Waals surface area contributed by atoms with Crippen molar-refractivity contribution in [2.24, 2.45) is 0 Å². The van der Waals surface area contributed by atoms with Gasteiger partial charge in [-0.1, -0.05) is 115 Å². The molecule has 0 spiro atoms. The van der Waals surface area contributed by atoms with Crippen molar-refractivity contribution in [3.8, 4) is 34.2 Å². The van der Waals surface area contributed by atoms with Gasteiger partial charge in [0.1, 0.15) is 11.2 Å². The molecule has 0 aliphatic carbocycles. The van der Waals surface area contributed by atoms with Crippen LogP contribution in [0.15, 0.2) is 144 Å².